The second kappa shape index (κ2) is 3.53. The van der Waals surface area contributed by atoms with E-state index in [0.717, 1.165) is 6.07 Å². The maximum atomic E-state index is 12.8. The second-order valence-corrected chi connectivity index (χ2v) is 2.69. The van der Waals surface area contributed by atoms with Crippen LogP contribution in [-0.4, -0.2) is 6.18 Å². The Morgan fingerprint density at radius 1 is 1.14 bits per heavy atom. The largest absolute Gasteiger partial charge is 0.407 e. The van der Waals surface area contributed by atoms with Gasteiger partial charge in [0.25, 0.3) is 0 Å². The van der Waals surface area contributed by atoms with Crippen LogP contribution < -0.4 is 5.73 Å². The Morgan fingerprint density at radius 3 is 2.21 bits per heavy atom. The Morgan fingerprint density at radius 2 is 1.71 bits per heavy atom. The highest BCUT2D eigenvalue weighted by molar-refractivity contribution is 5.23. The summed E-state index contributed by atoms with van der Waals surface area (Å²) in [6.07, 6.45) is -4.78. The highest BCUT2D eigenvalue weighted by Crippen LogP contribution is 2.31. The lowest BCUT2D eigenvalue weighted by atomic mass is 10.1. The molecule has 0 heterocycles. The van der Waals surface area contributed by atoms with Gasteiger partial charge in [0.05, 0.1) is 0 Å². The highest BCUT2D eigenvalue weighted by Gasteiger charge is 2.39. The molecule has 14 heavy (non-hydrogen) atoms. The third-order valence-corrected chi connectivity index (χ3v) is 1.65. The Labute approximate surface area is 76.3 Å². The van der Waals surface area contributed by atoms with Crippen LogP contribution in [0.25, 0.3) is 0 Å². The van der Waals surface area contributed by atoms with E-state index in [0.29, 0.717) is 12.1 Å². The van der Waals surface area contributed by atoms with Crippen LogP contribution in [0.15, 0.2) is 18.2 Å². The van der Waals surface area contributed by atoms with Gasteiger partial charge in [-0.15, -0.1) is 0 Å². The minimum absolute atomic E-state index is 0.438. The topological polar surface area (TPSA) is 26.0 Å². The number of benzene rings is 1. The van der Waals surface area contributed by atoms with Crippen LogP contribution in [-0.2, 0) is 0 Å². The Balaban J connectivity index is 3.12. The van der Waals surface area contributed by atoms with E-state index in [4.69, 9.17) is 5.73 Å². The fraction of sp³-hybridized carbons (Fsp3) is 0.250. The molecule has 0 saturated carbocycles. The Bertz CT molecular complexity index is 333. The normalized spacial score (nSPS) is 14.1. The SMILES string of the molecule is N[C@@H](c1cc(F)ccc1F)C(F)(F)F. The molecule has 0 spiro atoms. The molecule has 6 heteroatoms. The standard InChI is InChI=1S/C8H6F5N/c9-4-1-2-6(10)5(3-4)7(14)8(11,12)13/h1-3,7H,14H2/t7-/m0/s1. The maximum Gasteiger partial charge on any atom is 0.407 e. The quantitative estimate of drug-likeness (QED) is 0.709. The molecule has 1 rings (SSSR count). The van der Waals surface area contributed by atoms with Gasteiger partial charge in [-0.25, -0.2) is 8.78 Å². The van der Waals surface area contributed by atoms with Crippen LogP contribution >= 0.6 is 0 Å². The van der Waals surface area contributed by atoms with E-state index in [2.05, 4.69) is 0 Å². The average Bonchev–Trinajstić information content (AvgIpc) is 2.06. The Kier molecular flexibility index (Phi) is 2.75. The van der Waals surface area contributed by atoms with Crippen LogP contribution in [0.2, 0.25) is 0 Å². The molecule has 0 bridgehead atoms. The number of alkyl halides is 3. The minimum atomic E-state index is -4.78. The van der Waals surface area contributed by atoms with Crippen molar-refractivity contribution in [1.82, 2.24) is 0 Å². The zero-order valence-electron chi connectivity index (χ0n) is 6.78. The molecule has 2 N–H and O–H groups in total. The van der Waals surface area contributed by atoms with Crippen LogP contribution in [0.1, 0.15) is 11.6 Å². The molecule has 1 aromatic rings. The summed E-state index contributed by atoms with van der Waals surface area (Å²) in [4.78, 5) is 0. The molecule has 0 unspecified atom stereocenters. The van der Waals surface area contributed by atoms with E-state index in [9.17, 15) is 22.0 Å². The highest BCUT2D eigenvalue weighted by atomic mass is 19.4. The van der Waals surface area contributed by atoms with Gasteiger partial charge >= 0.3 is 6.18 Å². The zero-order chi connectivity index (χ0) is 10.9. The van der Waals surface area contributed by atoms with Crippen molar-refractivity contribution in [3.05, 3.63) is 35.4 Å². The van der Waals surface area contributed by atoms with Crippen molar-refractivity contribution in [3.8, 4) is 0 Å². The number of hydrogen-bond donors (Lipinski definition) is 1. The van der Waals surface area contributed by atoms with Crippen molar-refractivity contribution in [1.29, 1.82) is 0 Å². The average molecular weight is 211 g/mol. The lowest BCUT2D eigenvalue weighted by Gasteiger charge is -2.16. The first-order chi connectivity index (χ1) is 6.32. The summed E-state index contributed by atoms with van der Waals surface area (Å²) in [5, 5.41) is 0. The van der Waals surface area contributed by atoms with Crippen molar-refractivity contribution in [2.75, 3.05) is 0 Å². The molecule has 0 radical (unpaired) electrons. The number of hydrogen-bond acceptors (Lipinski definition) is 1. The van der Waals surface area contributed by atoms with E-state index in [1.165, 1.54) is 0 Å². The molecule has 0 aromatic heterocycles. The van der Waals surface area contributed by atoms with Gasteiger partial charge in [-0.2, -0.15) is 13.2 Å². The van der Waals surface area contributed by atoms with Gasteiger partial charge in [0.15, 0.2) is 0 Å². The van der Waals surface area contributed by atoms with Crippen LogP contribution in [0.3, 0.4) is 0 Å². The van der Waals surface area contributed by atoms with Crippen molar-refractivity contribution in [2.45, 2.75) is 12.2 Å². The minimum Gasteiger partial charge on any atom is -0.316 e. The predicted molar refractivity (Wildman–Crippen MR) is 39.3 cm³/mol. The molecule has 1 atom stereocenters. The molecule has 0 aliphatic heterocycles. The lowest BCUT2D eigenvalue weighted by Crippen LogP contribution is -2.29. The van der Waals surface area contributed by atoms with Crippen LogP contribution in [0.4, 0.5) is 22.0 Å². The monoisotopic (exact) mass is 211 g/mol. The maximum absolute atomic E-state index is 12.8. The number of rotatable bonds is 1. The molecule has 0 aliphatic rings. The summed E-state index contributed by atoms with van der Waals surface area (Å²) < 4.78 is 61.4. The number of halogens is 5. The van der Waals surface area contributed by atoms with E-state index in [1.807, 2.05) is 0 Å². The molecular weight excluding hydrogens is 205 g/mol. The molecule has 0 amide bonds. The summed E-state index contributed by atoms with van der Waals surface area (Å²) >= 11 is 0. The van der Waals surface area contributed by atoms with Gasteiger partial charge < -0.3 is 5.73 Å². The smallest absolute Gasteiger partial charge is 0.316 e. The van der Waals surface area contributed by atoms with Gasteiger partial charge in [0.1, 0.15) is 17.7 Å². The van der Waals surface area contributed by atoms with Gasteiger partial charge in [0.2, 0.25) is 0 Å². The molecule has 0 aliphatic carbocycles. The van der Waals surface area contributed by atoms with Gasteiger partial charge in [-0.1, -0.05) is 0 Å². The summed E-state index contributed by atoms with van der Waals surface area (Å²) in [5.41, 5.74) is 3.82. The molecule has 1 aromatic carbocycles. The van der Waals surface area contributed by atoms with Crippen LogP contribution in [0.5, 0.6) is 0 Å². The third-order valence-electron chi connectivity index (χ3n) is 1.65. The fourth-order valence-electron chi connectivity index (χ4n) is 0.929. The second-order valence-electron chi connectivity index (χ2n) is 2.69. The Hall–Kier alpha value is -1.17. The third kappa shape index (κ3) is 2.20. The van der Waals surface area contributed by atoms with Crippen molar-refractivity contribution in [2.24, 2.45) is 5.73 Å². The van der Waals surface area contributed by atoms with E-state index in [-0.39, 0.29) is 0 Å². The van der Waals surface area contributed by atoms with Gasteiger partial charge in [-0.05, 0) is 18.2 Å². The van der Waals surface area contributed by atoms with E-state index < -0.39 is 29.4 Å². The summed E-state index contributed by atoms with van der Waals surface area (Å²) in [5.74, 6) is -2.13. The van der Waals surface area contributed by atoms with E-state index >= 15 is 0 Å². The molecular formula is C8H6F5N. The molecule has 0 fully saturated rings. The molecule has 78 valence electrons. The number of nitrogens with two attached hydrogens (primary N) is 1. The zero-order valence-corrected chi connectivity index (χ0v) is 6.78. The summed E-state index contributed by atoms with van der Waals surface area (Å²) in [6, 6.07) is -0.732. The van der Waals surface area contributed by atoms with Gasteiger partial charge in [-0.3, -0.25) is 0 Å². The summed E-state index contributed by atoms with van der Waals surface area (Å²) in [6.45, 7) is 0. The van der Waals surface area contributed by atoms with Crippen molar-refractivity contribution >= 4 is 0 Å². The first-order valence-electron chi connectivity index (χ1n) is 3.59. The van der Waals surface area contributed by atoms with Gasteiger partial charge in [0, 0.05) is 5.56 Å². The first-order valence-corrected chi connectivity index (χ1v) is 3.59. The lowest BCUT2D eigenvalue weighted by molar-refractivity contribution is -0.149. The predicted octanol–water partition coefficient (Wildman–Crippen LogP) is 2.53. The van der Waals surface area contributed by atoms with Crippen molar-refractivity contribution < 1.29 is 22.0 Å². The summed E-state index contributed by atoms with van der Waals surface area (Å²) in [7, 11) is 0. The van der Waals surface area contributed by atoms with Crippen LogP contribution in [0, 0.1) is 11.6 Å². The van der Waals surface area contributed by atoms with E-state index in [1.54, 1.807) is 0 Å². The van der Waals surface area contributed by atoms with Crippen molar-refractivity contribution in [3.63, 3.8) is 0 Å². The molecule has 1 nitrogen and oxygen atoms in total. The first kappa shape index (κ1) is 10.9. The fourth-order valence-corrected chi connectivity index (χ4v) is 0.929. The molecule has 0 saturated heterocycles.